The van der Waals surface area contributed by atoms with Gasteiger partial charge in [0.15, 0.2) is 0 Å². The van der Waals surface area contributed by atoms with E-state index in [9.17, 15) is 0 Å². The van der Waals surface area contributed by atoms with E-state index in [0.717, 1.165) is 0 Å². The van der Waals surface area contributed by atoms with Gasteiger partial charge < -0.3 is 0 Å². The van der Waals surface area contributed by atoms with Crippen LogP contribution in [-0.4, -0.2) is 18.5 Å². The molecule has 0 aliphatic heterocycles. The van der Waals surface area contributed by atoms with Crippen LogP contribution >= 0.6 is 7.26 Å². The molecule has 0 fully saturated rings. The maximum absolute atomic E-state index is 2.38. The first-order chi connectivity index (χ1) is 7.29. The summed E-state index contributed by atoms with van der Waals surface area (Å²) >= 11 is 0. The molecular formula is C14H24P+. The van der Waals surface area contributed by atoms with Crippen molar-refractivity contribution in [3.8, 4) is 0 Å². The molecule has 1 heteroatoms. The van der Waals surface area contributed by atoms with E-state index in [4.69, 9.17) is 0 Å². The molecule has 0 aromatic heterocycles. The molecule has 0 saturated carbocycles. The van der Waals surface area contributed by atoms with Crippen LogP contribution in [0.2, 0.25) is 0 Å². The van der Waals surface area contributed by atoms with E-state index in [-0.39, 0.29) is 0 Å². The molecular weight excluding hydrogens is 199 g/mol. The van der Waals surface area contributed by atoms with Crippen LogP contribution in [0, 0.1) is 0 Å². The Labute approximate surface area is 95.4 Å². The van der Waals surface area contributed by atoms with Gasteiger partial charge in [0.25, 0.3) is 0 Å². The highest BCUT2D eigenvalue weighted by Gasteiger charge is 2.35. The largest absolute Gasteiger partial charge is 0.0939 e. The first kappa shape index (κ1) is 12.7. The zero-order valence-corrected chi connectivity index (χ0v) is 11.3. The minimum Gasteiger partial charge on any atom is -0.0620 e. The molecule has 0 spiro atoms. The predicted octanol–water partition coefficient (Wildman–Crippen LogP) is 4.17. The lowest BCUT2D eigenvalue weighted by atomic mass is 10.4. The van der Waals surface area contributed by atoms with Gasteiger partial charge in [-0.05, 0) is 31.9 Å². The molecule has 0 aliphatic carbocycles. The zero-order chi connectivity index (χ0) is 11.1. The molecule has 0 radical (unpaired) electrons. The van der Waals surface area contributed by atoms with Gasteiger partial charge in [0.2, 0.25) is 0 Å². The summed E-state index contributed by atoms with van der Waals surface area (Å²) in [4.78, 5) is 0. The summed E-state index contributed by atoms with van der Waals surface area (Å²) in [5.74, 6) is 0. The Morgan fingerprint density at radius 3 is 1.80 bits per heavy atom. The quantitative estimate of drug-likeness (QED) is 0.635. The van der Waals surface area contributed by atoms with Crippen LogP contribution in [0.1, 0.15) is 33.6 Å². The standard InChI is InChI=1S/C14H24P/c1-4-12-15(6-3,13-5-2)14-10-8-7-9-11-14/h7-11H,4-6,12-13H2,1-3H3/q+1. The van der Waals surface area contributed by atoms with Crippen LogP contribution < -0.4 is 5.30 Å². The van der Waals surface area contributed by atoms with E-state index in [1.54, 1.807) is 5.30 Å². The first-order valence-electron chi connectivity index (χ1n) is 6.20. The summed E-state index contributed by atoms with van der Waals surface area (Å²) in [7, 11) is -0.829. The van der Waals surface area contributed by atoms with Crippen molar-refractivity contribution in [3.05, 3.63) is 30.3 Å². The van der Waals surface area contributed by atoms with E-state index >= 15 is 0 Å². The minimum absolute atomic E-state index is 0.829. The number of benzene rings is 1. The molecule has 0 heterocycles. The van der Waals surface area contributed by atoms with Gasteiger partial charge in [-0.25, -0.2) is 0 Å². The third-order valence-corrected chi connectivity index (χ3v) is 8.42. The molecule has 1 rings (SSSR count). The first-order valence-corrected chi connectivity index (χ1v) is 8.55. The molecule has 1 aromatic rings. The molecule has 15 heavy (non-hydrogen) atoms. The highest BCUT2D eigenvalue weighted by molar-refractivity contribution is 7.82. The average Bonchev–Trinajstić information content (AvgIpc) is 2.30. The fourth-order valence-corrected chi connectivity index (χ4v) is 6.72. The van der Waals surface area contributed by atoms with E-state index in [1.807, 2.05) is 0 Å². The van der Waals surface area contributed by atoms with Crippen molar-refractivity contribution in [2.45, 2.75) is 33.6 Å². The molecule has 0 N–H and O–H groups in total. The Hall–Kier alpha value is -0.350. The van der Waals surface area contributed by atoms with Crippen LogP contribution in [0.15, 0.2) is 30.3 Å². The van der Waals surface area contributed by atoms with Crippen molar-refractivity contribution in [1.82, 2.24) is 0 Å². The summed E-state index contributed by atoms with van der Waals surface area (Å²) in [6, 6.07) is 11.2. The van der Waals surface area contributed by atoms with Crippen molar-refractivity contribution >= 4 is 12.6 Å². The Morgan fingerprint density at radius 2 is 1.40 bits per heavy atom. The second-order valence-electron chi connectivity index (χ2n) is 4.24. The zero-order valence-electron chi connectivity index (χ0n) is 10.4. The minimum atomic E-state index is -0.829. The SMILES string of the molecule is CCC[P+](CC)(CCC)c1ccccc1. The van der Waals surface area contributed by atoms with E-state index in [0.29, 0.717) is 0 Å². The lowest BCUT2D eigenvalue weighted by molar-refractivity contribution is 1.04. The molecule has 0 unspecified atom stereocenters. The smallest absolute Gasteiger partial charge is 0.0620 e. The fraction of sp³-hybridized carbons (Fsp3) is 0.571. The summed E-state index contributed by atoms with van der Waals surface area (Å²) in [5.41, 5.74) is 0. The van der Waals surface area contributed by atoms with Crippen molar-refractivity contribution in [2.75, 3.05) is 18.5 Å². The van der Waals surface area contributed by atoms with Crippen molar-refractivity contribution in [2.24, 2.45) is 0 Å². The third kappa shape index (κ3) is 3.05. The highest BCUT2D eigenvalue weighted by Crippen LogP contribution is 2.57. The number of hydrogen-bond donors (Lipinski definition) is 0. The van der Waals surface area contributed by atoms with E-state index in [1.165, 1.54) is 31.3 Å². The van der Waals surface area contributed by atoms with Crippen molar-refractivity contribution in [3.63, 3.8) is 0 Å². The van der Waals surface area contributed by atoms with Crippen LogP contribution in [0.25, 0.3) is 0 Å². The summed E-state index contributed by atoms with van der Waals surface area (Å²) in [6.07, 6.45) is 6.90. The molecule has 0 nitrogen and oxygen atoms in total. The molecule has 0 aliphatic rings. The Kier molecular flexibility index (Phi) is 5.32. The highest BCUT2D eigenvalue weighted by atomic mass is 31.2. The molecule has 0 amide bonds. The maximum Gasteiger partial charge on any atom is 0.0939 e. The normalized spacial score (nSPS) is 11.7. The average molecular weight is 223 g/mol. The fourth-order valence-electron chi connectivity index (χ4n) is 2.47. The lowest BCUT2D eigenvalue weighted by Gasteiger charge is -2.25. The van der Waals surface area contributed by atoms with Gasteiger partial charge in [-0.2, -0.15) is 0 Å². The van der Waals surface area contributed by atoms with Gasteiger partial charge >= 0.3 is 0 Å². The summed E-state index contributed by atoms with van der Waals surface area (Å²) in [5, 5.41) is 1.65. The second kappa shape index (κ2) is 6.28. The van der Waals surface area contributed by atoms with Crippen molar-refractivity contribution in [1.29, 1.82) is 0 Å². The van der Waals surface area contributed by atoms with Gasteiger partial charge in [-0.15, -0.1) is 0 Å². The maximum atomic E-state index is 2.38. The molecule has 84 valence electrons. The monoisotopic (exact) mass is 223 g/mol. The Balaban J connectivity index is 2.97. The van der Waals surface area contributed by atoms with E-state index in [2.05, 4.69) is 51.1 Å². The number of rotatable bonds is 6. The molecule has 0 atom stereocenters. The molecule has 1 aromatic carbocycles. The Bertz CT molecular complexity index is 260. The second-order valence-corrected chi connectivity index (χ2v) is 8.58. The Morgan fingerprint density at radius 1 is 0.867 bits per heavy atom. The van der Waals surface area contributed by atoms with Gasteiger partial charge in [-0.3, -0.25) is 0 Å². The molecule has 0 bridgehead atoms. The van der Waals surface area contributed by atoms with Gasteiger partial charge in [-0.1, -0.05) is 32.0 Å². The van der Waals surface area contributed by atoms with Gasteiger partial charge in [0.05, 0.1) is 23.8 Å². The summed E-state index contributed by atoms with van der Waals surface area (Å²) in [6.45, 7) is 7.03. The van der Waals surface area contributed by atoms with Crippen LogP contribution in [-0.2, 0) is 0 Å². The van der Waals surface area contributed by atoms with Crippen LogP contribution in [0.3, 0.4) is 0 Å². The molecule has 0 saturated heterocycles. The third-order valence-electron chi connectivity index (χ3n) is 3.21. The summed E-state index contributed by atoms with van der Waals surface area (Å²) < 4.78 is 0. The van der Waals surface area contributed by atoms with Gasteiger partial charge in [0, 0.05) is 7.26 Å². The van der Waals surface area contributed by atoms with E-state index < -0.39 is 7.26 Å². The van der Waals surface area contributed by atoms with Gasteiger partial charge in [0.1, 0.15) is 0 Å². The van der Waals surface area contributed by atoms with Crippen LogP contribution in [0.5, 0.6) is 0 Å². The topological polar surface area (TPSA) is 0 Å². The predicted molar refractivity (Wildman–Crippen MR) is 73.9 cm³/mol. The van der Waals surface area contributed by atoms with Crippen LogP contribution in [0.4, 0.5) is 0 Å². The lowest BCUT2D eigenvalue weighted by Crippen LogP contribution is -2.19. The van der Waals surface area contributed by atoms with Crippen molar-refractivity contribution < 1.29 is 0 Å². The number of hydrogen-bond acceptors (Lipinski definition) is 0.